The lowest BCUT2D eigenvalue weighted by Crippen LogP contribution is -2.49. The number of nitrogens with one attached hydrogen (secondary N) is 2. The minimum Gasteiger partial charge on any atom is -0.350 e. The average Bonchev–Trinajstić information content (AvgIpc) is 2.31. The van der Waals surface area contributed by atoms with Crippen molar-refractivity contribution in [2.45, 2.75) is 45.6 Å². The molecule has 0 bridgehead atoms. The van der Waals surface area contributed by atoms with Gasteiger partial charge in [0.1, 0.15) is 0 Å². The SMILES string of the molecule is CCC(C)(C)NC(=O)CN1CCC(CNC)CC1. The van der Waals surface area contributed by atoms with Gasteiger partial charge in [0, 0.05) is 5.54 Å². The predicted octanol–water partition coefficient (Wildman–Crippen LogP) is 1.22. The molecular weight excluding hydrogens is 226 g/mol. The summed E-state index contributed by atoms with van der Waals surface area (Å²) in [6.07, 6.45) is 3.36. The molecule has 0 radical (unpaired) electrons. The van der Waals surface area contributed by atoms with Gasteiger partial charge in [-0.05, 0) is 65.7 Å². The van der Waals surface area contributed by atoms with Crippen molar-refractivity contribution in [1.29, 1.82) is 0 Å². The number of hydrogen-bond acceptors (Lipinski definition) is 3. The first kappa shape index (κ1) is 15.4. The maximum atomic E-state index is 11.9. The maximum Gasteiger partial charge on any atom is 0.234 e. The Morgan fingerprint density at radius 2 is 1.94 bits per heavy atom. The lowest BCUT2D eigenvalue weighted by Gasteiger charge is -2.32. The molecule has 18 heavy (non-hydrogen) atoms. The van der Waals surface area contributed by atoms with Crippen molar-refractivity contribution < 1.29 is 4.79 Å². The fraction of sp³-hybridized carbons (Fsp3) is 0.929. The molecule has 4 heteroatoms. The van der Waals surface area contributed by atoms with Crippen LogP contribution in [0.25, 0.3) is 0 Å². The molecule has 1 rings (SSSR count). The van der Waals surface area contributed by atoms with Crippen molar-refractivity contribution in [2.24, 2.45) is 5.92 Å². The molecule has 1 aliphatic heterocycles. The van der Waals surface area contributed by atoms with Crippen LogP contribution in [0.1, 0.15) is 40.0 Å². The van der Waals surface area contributed by atoms with Gasteiger partial charge in [-0.25, -0.2) is 0 Å². The van der Waals surface area contributed by atoms with Gasteiger partial charge in [0.25, 0.3) is 0 Å². The standard InChI is InChI=1S/C14H29N3O/c1-5-14(2,3)16-13(18)11-17-8-6-12(7-9-17)10-15-4/h12,15H,5-11H2,1-4H3,(H,16,18). The second kappa shape index (κ2) is 7.10. The van der Waals surface area contributed by atoms with Crippen molar-refractivity contribution in [2.75, 3.05) is 33.2 Å². The van der Waals surface area contributed by atoms with Crippen molar-refractivity contribution in [3.05, 3.63) is 0 Å². The van der Waals surface area contributed by atoms with E-state index in [0.29, 0.717) is 6.54 Å². The van der Waals surface area contributed by atoms with Gasteiger partial charge in [0.2, 0.25) is 5.91 Å². The predicted molar refractivity (Wildman–Crippen MR) is 75.6 cm³/mol. The quantitative estimate of drug-likeness (QED) is 0.750. The minimum atomic E-state index is -0.0818. The maximum absolute atomic E-state index is 11.9. The molecule has 0 spiro atoms. The van der Waals surface area contributed by atoms with Crippen LogP contribution >= 0.6 is 0 Å². The third-order valence-corrected chi connectivity index (χ3v) is 3.93. The largest absolute Gasteiger partial charge is 0.350 e. The van der Waals surface area contributed by atoms with E-state index in [1.807, 2.05) is 7.05 Å². The summed E-state index contributed by atoms with van der Waals surface area (Å²) in [4.78, 5) is 14.2. The normalized spacial score (nSPS) is 18.9. The van der Waals surface area contributed by atoms with E-state index in [4.69, 9.17) is 0 Å². The summed E-state index contributed by atoms with van der Waals surface area (Å²) in [7, 11) is 2.01. The summed E-state index contributed by atoms with van der Waals surface area (Å²) in [6, 6.07) is 0. The van der Waals surface area contributed by atoms with E-state index in [-0.39, 0.29) is 11.4 Å². The topological polar surface area (TPSA) is 44.4 Å². The zero-order valence-corrected chi connectivity index (χ0v) is 12.4. The number of piperidine rings is 1. The molecule has 2 N–H and O–H groups in total. The summed E-state index contributed by atoms with van der Waals surface area (Å²) in [5, 5.41) is 6.33. The Bertz CT molecular complexity index is 258. The van der Waals surface area contributed by atoms with Gasteiger partial charge in [-0.15, -0.1) is 0 Å². The van der Waals surface area contributed by atoms with Crippen molar-refractivity contribution >= 4 is 5.91 Å². The fourth-order valence-electron chi connectivity index (χ4n) is 2.35. The molecule has 0 aromatic rings. The lowest BCUT2D eigenvalue weighted by molar-refractivity contribution is -0.124. The molecule has 1 amide bonds. The molecule has 0 atom stereocenters. The van der Waals surface area contributed by atoms with Gasteiger partial charge in [-0.1, -0.05) is 6.92 Å². The van der Waals surface area contributed by atoms with Gasteiger partial charge >= 0.3 is 0 Å². The molecule has 1 saturated heterocycles. The Morgan fingerprint density at radius 3 is 2.44 bits per heavy atom. The number of carbonyl (C=O) groups is 1. The summed E-state index contributed by atoms with van der Waals surface area (Å²) >= 11 is 0. The number of carbonyl (C=O) groups excluding carboxylic acids is 1. The number of nitrogens with zero attached hydrogens (tertiary/aromatic N) is 1. The van der Waals surface area contributed by atoms with E-state index in [1.165, 1.54) is 12.8 Å². The molecule has 0 saturated carbocycles. The average molecular weight is 255 g/mol. The van der Waals surface area contributed by atoms with E-state index >= 15 is 0 Å². The molecular formula is C14H29N3O. The highest BCUT2D eigenvalue weighted by molar-refractivity contribution is 5.78. The highest BCUT2D eigenvalue weighted by Gasteiger charge is 2.23. The third-order valence-electron chi connectivity index (χ3n) is 3.93. The Kier molecular flexibility index (Phi) is 6.09. The van der Waals surface area contributed by atoms with Gasteiger partial charge in [0.05, 0.1) is 6.54 Å². The number of amides is 1. The zero-order chi connectivity index (χ0) is 13.6. The zero-order valence-electron chi connectivity index (χ0n) is 12.4. The monoisotopic (exact) mass is 255 g/mol. The van der Waals surface area contributed by atoms with Gasteiger partial charge < -0.3 is 10.6 Å². The summed E-state index contributed by atoms with van der Waals surface area (Å²) < 4.78 is 0. The molecule has 1 fully saturated rings. The highest BCUT2D eigenvalue weighted by atomic mass is 16.2. The van der Waals surface area contributed by atoms with Crippen LogP contribution in [-0.2, 0) is 4.79 Å². The minimum absolute atomic E-state index is 0.0818. The van der Waals surface area contributed by atoms with Crippen LogP contribution in [0.4, 0.5) is 0 Å². The first-order valence-electron chi connectivity index (χ1n) is 7.15. The number of rotatable bonds is 6. The first-order valence-corrected chi connectivity index (χ1v) is 7.15. The van der Waals surface area contributed by atoms with Crippen LogP contribution < -0.4 is 10.6 Å². The third kappa shape index (κ3) is 5.36. The van der Waals surface area contributed by atoms with Gasteiger partial charge in [0.15, 0.2) is 0 Å². The first-order chi connectivity index (χ1) is 8.46. The molecule has 0 aromatic carbocycles. The molecule has 1 heterocycles. The van der Waals surface area contributed by atoms with E-state index in [9.17, 15) is 4.79 Å². The summed E-state index contributed by atoms with van der Waals surface area (Å²) in [5.41, 5.74) is -0.0818. The Labute approximate surface area is 111 Å². The van der Waals surface area contributed by atoms with E-state index < -0.39 is 0 Å². The smallest absolute Gasteiger partial charge is 0.234 e. The highest BCUT2D eigenvalue weighted by Crippen LogP contribution is 2.16. The van der Waals surface area contributed by atoms with Crippen molar-refractivity contribution in [3.8, 4) is 0 Å². The lowest BCUT2D eigenvalue weighted by atomic mass is 9.97. The van der Waals surface area contributed by atoms with Crippen LogP contribution in [0.15, 0.2) is 0 Å². The molecule has 0 aromatic heterocycles. The van der Waals surface area contributed by atoms with E-state index in [2.05, 4.69) is 36.3 Å². The fourth-order valence-corrected chi connectivity index (χ4v) is 2.35. The summed E-state index contributed by atoms with van der Waals surface area (Å²) in [5.74, 6) is 0.940. The molecule has 0 aliphatic carbocycles. The van der Waals surface area contributed by atoms with Crippen LogP contribution in [0.2, 0.25) is 0 Å². The van der Waals surface area contributed by atoms with Gasteiger partial charge in [-0.2, -0.15) is 0 Å². The molecule has 4 nitrogen and oxygen atoms in total. The number of likely N-dealkylation sites (tertiary alicyclic amines) is 1. The Morgan fingerprint density at radius 1 is 1.33 bits per heavy atom. The number of hydrogen-bond donors (Lipinski definition) is 2. The Hall–Kier alpha value is -0.610. The molecule has 106 valence electrons. The second-order valence-corrected chi connectivity index (χ2v) is 6.06. The van der Waals surface area contributed by atoms with Gasteiger partial charge in [-0.3, -0.25) is 9.69 Å². The summed E-state index contributed by atoms with van der Waals surface area (Å²) in [6.45, 7) is 9.99. The van der Waals surface area contributed by atoms with Crippen molar-refractivity contribution in [1.82, 2.24) is 15.5 Å². The van der Waals surface area contributed by atoms with Crippen molar-refractivity contribution in [3.63, 3.8) is 0 Å². The van der Waals surface area contributed by atoms with E-state index in [0.717, 1.165) is 32.0 Å². The van der Waals surface area contributed by atoms with Crippen LogP contribution in [-0.4, -0.2) is 49.6 Å². The molecule has 1 aliphatic rings. The van der Waals surface area contributed by atoms with E-state index in [1.54, 1.807) is 0 Å². The van der Waals surface area contributed by atoms with Crippen LogP contribution in [0, 0.1) is 5.92 Å². The Balaban J connectivity index is 2.26. The molecule has 0 unspecified atom stereocenters. The van der Waals surface area contributed by atoms with Crippen LogP contribution in [0.3, 0.4) is 0 Å². The van der Waals surface area contributed by atoms with Crippen LogP contribution in [0.5, 0.6) is 0 Å². The second-order valence-electron chi connectivity index (χ2n) is 6.06.